The Balaban J connectivity index is 2.43. The molecule has 4 nitrogen and oxygen atoms in total. The van der Waals surface area contributed by atoms with E-state index >= 15 is 0 Å². The fourth-order valence-electron chi connectivity index (χ4n) is 1.85. The van der Waals surface area contributed by atoms with Gasteiger partial charge in [-0.1, -0.05) is 15.9 Å². The van der Waals surface area contributed by atoms with Crippen molar-refractivity contribution in [1.82, 2.24) is 14.6 Å². The first-order valence-electron chi connectivity index (χ1n) is 5.59. The molecular weight excluding hydrogens is 325 g/mol. The van der Waals surface area contributed by atoms with Gasteiger partial charge in [-0.25, -0.2) is 9.50 Å². The Bertz CT molecular complexity index is 567. The average Bonchev–Trinajstić information content (AvgIpc) is 2.66. The van der Waals surface area contributed by atoms with Crippen molar-refractivity contribution in [3.05, 3.63) is 24.2 Å². The standard InChI is InChI=1S/C11H12BrF3N4/c1-8-6-9-10(16-3-5-19(9)17-8)18(4-2-12)7-11(13,14)15/h3,5-6H,2,4,7H2,1H3. The first-order chi connectivity index (χ1) is 8.90. The van der Waals surface area contributed by atoms with Crippen molar-refractivity contribution in [3.63, 3.8) is 0 Å². The molecule has 8 heteroatoms. The van der Waals surface area contributed by atoms with Crippen molar-refractivity contribution in [1.29, 1.82) is 0 Å². The minimum atomic E-state index is -4.27. The second-order valence-corrected chi connectivity index (χ2v) is 4.89. The van der Waals surface area contributed by atoms with Crippen LogP contribution in [0, 0.1) is 6.92 Å². The number of rotatable bonds is 4. The van der Waals surface area contributed by atoms with Crippen LogP contribution in [0.3, 0.4) is 0 Å². The predicted molar refractivity (Wildman–Crippen MR) is 69.8 cm³/mol. The maximum atomic E-state index is 12.6. The van der Waals surface area contributed by atoms with Crippen molar-refractivity contribution in [2.24, 2.45) is 0 Å². The molecule has 0 saturated carbocycles. The van der Waals surface area contributed by atoms with Crippen molar-refractivity contribution < 1.29 is 13.2 Å². The van der Waals surface area contributed by atoms with E-state index in [0.717, 1.165) is 5.69 Å². The van der Waals surface area contributed by atoms with Gasteiger partial charge >= 0.3 is 6.18 Å². The zero-order valence-electron chi connectivity index (χ0n) is 10.2. The largest absolute Gasteiger partial charge is 0.405 e. The summed E-state index contributed by atoms with van der Waals surface area (Å²) in [6.07, 6.45) is -1.20. The third-order valence-electron chi connectivity index (χ3n) is 2.52. The predicted octanol–water partition coefficient (Wildman–Crippen LogP) is 2.80. The molecule has 0 aliphatic heterocycles. The van der Waals surface area contributed by atoms with Crippen LogP contribution < -0.4 is 4.90 Å². The zero-order chi connectivity index (χ0) is 14.0. The second-order valence-electron chi connectivity index (χ2n) is 4.09. The van der Waals surface area contributed by atoms with E-state index in [1.54, 1.807) is 19.2 Å². The number of fused-ring (bicyclic) bond motifs is 1. The van der Waals surface area contributed by atoms with E-state index in [9.17, 15) is 13.2 Å². The molecule has 0 saturated heterocycles. The fourth-order valence-corrected chi connectivity index (χ4v) is 2.28. The lowest BCUT2D eigenvalue weighted by Gasteiger charge is -2.24. The highest BCUT2D eigenvalue weighted by atomic mass is 79.9. The zero-order valence-corrected chi connectivity index (χ0v) is 11.7. The molecule has 104 valence electrons. The normalized spacial score (nSPS) is 12.1. The minimum absolute atomic E-state index is 0.219. The molecule has 0 bridgehead atoms. The molecule has 19 heavy (non-hydrogen) atoms. The Morgan fingerprint density at radius 2 is 2.16 bits per heavy atom. The molecule has 0 aromatic carbocycles. The molecule has 2 aromatic heterocycles. The molecule has 0 fully saturated rings. The maximum absolute atomic E-state index is 12.6. The van der Waals surface area contributed by atoms with Crippen molar-refractivity contribution in [2.45, 2.75) is 13.1 Å². The first kappa shape index (κ1) is 14.1. The number of aryl methyl sites for hydroxylation is 1. The molecule has 0 aliphatic carbocycles. The quantitative estimate of drug-likeness (QED) is 0.805. The van der Waals surface area contributed by atoms with Gasteiger partial charge in [0.25, 0.3) is 0 Å². The van der Waals surface area contributed by atoms with Crippen LogP contribution in [-0.2, 0) is 0 Å². The summed E-state index contributed by atoms with van der Waals surface area (Å²) in [7, 11) is 0. The van der Waals surface area contributed by atoms with Gasteiger partial charge in [-0.3, -0.25) is 0 Å². The van der Waals surface area contributed by atoms with Crippen LogP contribution in [0.4, 0.5) is 19.0 Å². The van der Waals surface area contributed by atoms with Crippen LogP contribution in [0.25, 0.3) is 5.52 Å². The van der Waals surface area contributed by atoms with Gasteiger partial charge < -0.3 is 4.90 Å². The first-order valence-corrected chi connectivity index (χ1v) is 6.71. The van der Waals surface area contributed by atoms with Crippen LogP contribution in [0.2, 0.25) is 0 Å². The van der Waals surface area contributed by atoms with Crippen LogP contribution in [0.5, 0.6) is 0 Å². The lowest BCUT2D eigenvalue weighted by atomic mass is 10.3. The van der Waals surface area contributed by atoms with Gasteiger partial charge in [0.2, 0.25) is 0 Å². The maximum Gasteiger partial charge on any atom is 0.405 e. The molecule has 0 radical (unpaired) electrons. The van der Waals surface area contributed by atoms with E-state index < -0.39 is 12.7 Å². The van der Waals surface area contributed by atoms with E-state index in [4.69, 9.17) is 0 Å². The molecule has 2 aromatic rings. The van der Waals surface area contributed by atoms with Gasteiger partial charge in [-0.15, -0.1) is 0 Å². The average molecular weight is 337 g/mol. The number of anilines is 1. The molecule has 0 N–H and O–H groups in total. The number of aromatic nitrogens is 3. The lowest BCUT2D eigenvalue weighted by molar-refractivity contribution is -0.119. The number of halogens is 4. The highest BCUT2D eigenvalue weighted by molar-refractivity contribution is 9.09. The van der Waals surface area contributed by atoms with Crippen molar-refractivity contribution in [3.8, 4) is 0 Å². The summed E-state index contributed by atoms with van der Waals surface area (Å²) in [5, 5.41) is 4.60. The molecule has 0 amide bonds. The van der Waals surface area contributed by atoms with Gasteiger partial charge in [0, 0.05) is 24.3 Å². The number of nitrogens with zero attached hydrogens (tertiary/aromatic N) is 4. The van der Waals surface area contributed by atoms with Crippen LogP contribution in [0.1, 0.15) is 5.69 Å². The van der Waals surface area contributed by atoms with Crippen molar-refractivity contribution in [2.75, 3.05) is 23.3 Å². The summed E-state index contributed by atoms with van der Waals surface area (Å²) in [5.41, 5.74) is 1.31. The molecule has 0 spiro atoms. The number of hydrogen-bond donors (Lipinski definition) is 0. The van der Waals surface area contributed by atoms with Gasteiger partial charge in [0.15, 0.2) is 5.82 Å². The van der Waals surface area contributed by atoms with Crippen LogP contribution in [-0.4, -0.2) is 39.2 Å². The third-order valence-corrected chi connectivity index (χ3v) is 2.87. The molecule has 2 heterocycles. The highest BCUT2D eigenvalue weighted by Gasteiger charge is 2.31. The summed E-state index contributed by atoms with van der Waals surface area (Å²) in [4.78, 5) is 5.27. The topological polar surface area (TPSA) is 33.4 Å². The minimum Gasteiger partial charge on any atom is -0.345 e. The fraction of sp³-hybridized carbons (Fsp3) is 0.455. The summed E-state index contributed by atoms with van der Waals surface area (Å²) >= 11 is 3.16. The van der Waals surface area contributed by atoms with Crippen LogP contribution >= 0.6 is 15.9 Å². The lowest BCUT2D eigenvalue weighted by Crippen LogP contribution is -2.36. The number of hydrogen-bond acceptors (Lipinski definition) is 3. The highest BCUT2D eigenvalue weighted by Crippen LogP contribution is 2.24. The molecule has 0 atom stereocenters. The Morgan fingerprint density at radius 1 is 1.42 bits per heavy atom. The summed E-state index contributed by atoms with van der Waals surface area (Å²) in [5.74, 6) is 0.292. The van der Waals surface area contributed by atoms with E-state index in [1.165, 1.54) is 15.6 Å². The Labute approximate surface area is 116 Å². The van der Waals surface area contributed by atoms with Gasteiger partial charge in [-0.05, 0) is 13.0 Å². The SMILES string of the molecule is Cc1cc2c(N(CCBr)CC(F)(F)F)nccn2n1. The van der Waals surface area contributed by atoms with E-state index in [-0.39, 0.29) is 6.54 Å². The second kappa shape index (κ2) is 5.36. The van der Waals surface area contributed by atoms with E-state index in [2.05, 4.69) is 26.0 Å². The Hall–Kier alpha value is -1.31. The van der Waals surface area contributed by atoms with Gasteiger partial charge in [0.1, 0.15) is 12.1 Å². The van der Waals surface area contributed by atoms with E-state index in [0.29, 0.717) is 16.7 Å². The third kappa shape index (κ3) is 3.37. The molecule has 0 unspecified atom stereocenters. The summed E-state index contributed by atoms with van der Waals surface area (Å²) < 4.78 is 39.4. The Morgan fingerprint density at radius 3 is 2.79 bits per heavy atom. The summed E-state index contributed by atoms with van der Waals surface area (Å²) in [6.45, 7) is 0.973. The monoisotopic (exact) mass is 336 g/mol. The van der Waals surface area contributed by atoms with Crippen LogP contribution in [0.15, 0.2) is 18.5 Å². The summed E-state index contributed by atoms with van der Waals surface area (Å²) in [6, 6.07) is 1.72. The molecule has 2 rings (SSSR count). The smallest absolute Gasteiger partial charge is 0.345 e. The van der Waals surface area contributed by atoms with Gasteiger partial charge in [0.05, 0.1) is 5.69 Å². The Kier molecular flexibility index (Phi) is 3.98. The van der Waals surface area contributed by atoms with Crippen molar-refractivity contribution >= 4 is 27.3 Å². The molecule has 0 aliphatic rings. The molecular formula is C11H12BrF3N4. The van der Waals surface area contributed by atoms with Gasteiger partial charge in [-0.2, -0.15) is 18.3 Å². The van der Waals surface area contributed by atoms with E-state index in [1.807, 2.05) is 0 Å². The number of alkyl halides is 4.